The zero-order valence-electron chi connectivity index (χ0n) is 8.24. The molecule has 76 valence electrons. The van der Waals surface area contributed by atoms with Crippen LogP contribution in [0.5, 0.6) is 0 Å². The molecule has 0 bridgehead atoms. The first-order chi connectivity index (χ1) is 7.33. The van der Waals surface area contributed by atoms with E-state index in [1.54, 1.807) is 36.8 Å². The molecule has 0 aliphatic rings. The molecule has 0 N–H and O–H groups in total. The van der Waals surface area contributed by atoms with Crippen LogP contribution in [0.15, 0.2) is 41.7 Å². The van der Waals surface area contributed by atoms with Crippen LogP contribution in [0.3, 0.4) is 0 Å². The van der Waals surface area contributed by atoms with Crippen LogP contribution in [0.4, 0.5) is 0 Å². The molecular weight excluding hydrogens is 192 g/mol. The first kappa shape index (κ1) is 9.39. The normalized spacial score (nSPS) is 11.0. The van der Waals surface area contributed by atoms with Crippen LogP contribution in [0.1, 0.15) is 6.92 Å². The Hall–Kier alpha value is -2.17. The highest BCUT2D eigenvalue weighted by molar-refractivity contribution is 5.28. The molecule has 5 heteroatoms. The second-order valence-corrected chi connectivity index (χ2v) is 2.92. The molecule has 2 aromatic rings. The number of aromatic nitrogens is 4. The Kier molecular flexibility index (Phi) is 2.45. The first-order valence-electron chi connectivity index (χ1n) is 4.52. The third-order valence-electron chi connectivity index (χ3n) is 1.91. The summed E-state index contributed by atoms with van der Waals surface area (Å²) < 4.78 is 2.74. The van der Waals surface area contributed by atoms with Gasteiger partial charge in [0.1, 0.15) is 6.33 Å². The van der Waals surface area contributed by atoms with Gasteiger partial charge in [0.25, 0.3) is 0 Å². The highest BCUT2D eigenvalue weighted by Crippen LogP contribution is 1.99. The zero-order valence-corrected chi connectivity index (χ0v) is 8.24. The fraction of sp³-hybridized carbons (Fsp3) is 0.100. The molecule has 2 aromatic heterocycles. The molecule has 2 rings (SSSR count). The fourth-order valence-electron chi connectivity index (χ4n) is 1.24. The molecule has 0 fully saturated rings. The number of rotatable bonds is 2. The second kappa shape index (κ2) is 3.91. The van der Waals surface area contributed by atoms with E-state index in [4.69, 9.17) is 0 Å². The van der Waals surface area contributed by atoms with Crippen LogP contribution in [0.25, 0.3) is 11.9 Å². The van der Waals surface area contributed by atoms with Gasteiger partial charge in [-0.05, 0) is 19.1 Å². The predicted molar refractivity (Wildman–Crippen MR) is 56.6 cm³/mol. The van der Waals surface area contributed by atoms with E-state index in [9.17, 15) is 4.79 Å². The van der Waals surface area contributed by atoms with Gasteiger partial charge in [0, 0.05) is 18.6 Å². The summed E-state index contributed by atoms with van der Waals surface area (Å²) in [5.74, 6) is 0. The van der Waals surface area contributed by atoms with E-state index >= 15 is 0 Å². The smallest absolute Gasteiger partial charge is 0.265 e. The van der Waals surface area contributed by atoms with Crippen molar-refractivity contribution in [3.05, 3.63) is 47.4 Å². The van der Waals surface area contributed by atoms with E-state index in [0.29, 0.717) is 5.69 Å². The van der Waals surface area contributed by atoms with Gasteiger partial charge in [-0.1, -0.05) is 6.08 Å². The van der Waals surface area contributed by atoms with E-state index in [1.165, 1.54) is 15.6 Å². The van der Waals surface area contributed by atoms with Gasteiger partial charge in [-0.25, -0.2) is 4.79 Å². The molecule has 5 nitrogen and oxygen atoms in total. The third-order valence-corrected chi connectivity index (χ3v) is 1.91. The molecule has 0 aliphatic heterocycles. The summed E-state index contributed by atoms with van der Waals surface area (Å²) in [6.45, 7) is 1.84. The molecule has 0 aromatic carbocycles. The Morgan fingerprint density at radius 1 is 1.33 bits per heavy atom. The van der Waals surface area contributed by atoms with Crippen molar-refractivity contribution in [1.82, 2.24) is 19.3 Å². The van der Waals surface area contributed by atoms with Gasteiger partial charge in [-0.3, -0.25) is 9.55 Å². The summed E-state index contributed by atoms with van der Waals surface area (Å²) in [5.41, 5.74) is 0.512. The van der Waals surface area contributed by atoms with Crippen molar-refractivity contribution in [3.63, 3.8) is 0 Å². The molecule has 0 saturated carbocycles. The quantitative estimate of drug-likeness (QED) is 0.727. The Morgan fingerprint density at radius 3 is 2.73 bits per heavy atom. The van der Waals surface area contributed by atoms with Crippen molar-refractivity contribution in [1.29, 1.82) is 0 Å². The van der Waals surface area contributed by atoms with Crippen LogP contribution in [0, 0.1) is 0 Å². The third kappa shape index (κ3) is 1.71. The maximum Gasteiger partial charge on any atom is 0.354 e. The van der Waals surface area contributed by atoms with Crippen LogP contribution in [-0.4, -0.2) is 19.3 Å². The van der Waals surface area contributed by atoms with E-state index in [1.807, 2.05) is 6.92 Å². The van der Waals surface area contributed by atoms with Crippen molar-refractivity contribution in [3.8, 4) is 5.69 Å². The molecule has 0 spiro atoms. The van der Waals surface area contributed by atoms with E-state index in [0.717, 1.165) is 0 Å². The van der Waals surface area contributed by atoms with Crippen LogP contribution >= 0.6 is 0 Å². The minimum absolute atomic E-state index is 0.195. The van der Waals surface area contributed by atoms with E-state index < -0.39 is 0 Å². The lowest BCUT2D eigenvalue weighted by molar-refractivity contribution is 0.832. The SMILES string of the molecule is C/C=C/n1cnn(-c2ccncc2)c1=O. The van der Waals surface area contributed by atoms with Crippen LogP contribution in [-0.2, 0) is 0 Å². The van der Waals surface area contributed by atoms with Crippen LogP contribution in [0.2, 0.25) is 0 Å². The summed E-state index contributed by atoms with van der Waals surface area (Å²) in [7, 11) is 0. The average molecular weight is 202 g/mol. The van der Waals surface area contributed by atoms with E-state index in [2.05, 4.69) is 10.1 Å². The van der Waals surface area contributed by atoms with Crippen molar-refractivity contribution < 1.29 is 0 Å². The van der Waals surface area contributed by atoms with Gasteiger partial charge >= 0.3 is 5.69 Å². The lowest BCUT2D eigenvalue weighted by atomic mass is 10.4. The van der Waals surface area contributed by atoms with Gasteiger partial charge in [0.05, 0.1) is 5.69 Å². The lowest BCUT2D eigenvalue weighted by Crippen LogP contribution is -2.20. The number of pyridine rings is 1. The first-order valence-corrected chi connectivity index (χ1v) is 4.52. The molecule has 0 saturated heterocycles. The van der Waals surface area contributed by atoms with E-state index in [-0.39, 0.29) is 5.69 Å². The standard InChI is InChI=1S/C10H10N4O/c1-2-7-13-8-12-14(10(13)15)9-3-5-11-6-4-9/h2-8H,1H3/b7-2+. The van der Waals surface area contributed by atoms with Gasteiger partial charge in [0.15, 0.2) is 0 Å². The Balaban J connectivity index is 2.52. The minimum Gasteiger partial charge on any atom is -0.265 e. The number of allylic oxidation sites excluding steroid dienone is 1. The lowest BCUT2D eigenvalue weighted by Gasteiger charge is -1.96. The molecule has 0 radical (unpaired) electrons. The average Bonchev–Trinajstić information content (AvgIpc) is 2.63. The summed E-state index contributed by atoms with van der Waals surface area (Å²) in [5, 5.41) is 3.99. The molecule has 0 amide bonds. The van der Waals surface area contributed by atoms with Crippen molar-refractivity contribution >= 4 is 6.20 Å². The number of nitrogens with zero attached hydrogens (tertiary/aromatic N) is 4. The van der Waals surface area contributed by atoms with Crippen molar-refractivity contribution in [2.45, 2.75) is 6.92 Å². The largest absolute Gasteiger partial charge is 0.354 e. The summed E-state index contributed by atoms with van der Waals surface area (Å²) in [4.78, 5) is 15.6. The van der Waals surface area contributed by atoms with Crippen molar-refractivity contribution in [2.24, 2.45) is 0 Å². The number of hydrogen-bond acceptors (Lipinski definition) is 3. The predicted octanol–water partition coefficient (Wildman–Crippen LogP) is 0.920. The topological polar surface area (TPSA) is 52.7 Å². The number of hydrogen-bond donors (Lipinski definition) is 0. The zero-order chi connectivity index (χ0) is 10.7. The van der Waals surface area contributed by atoms with Gasteiger partial charge in [-0.2, -0.15) is 9.78 Å². The monoisotopic (exact) mass is 202 g/mol. The highest BCUT2D eigenvalue weighted by Gasteiger charge is 2.03. The minimum atomic E-state index is -0.195. The maximum atomic E-state index is 11.8. The summed E-state index contributed by atoms with van der Waals surface area (Å²) >= 11 is 0. The molecule has 2 heterocycles. The molecule has 0 aliphatic carbocycles. The van der Waals surface area contributed by atoms with Gasteiger partial charge in [0.2, 0.25) is 0 Å². The van der Waals surface area contributed by atoms with Gasteiger partial charge < -0.3 is 0 Å². The molecular formula is C10H10N4O. The molecule has 0 unspecified atom stereocenters. The summed E-state index contributed by atoms with van der Waals surface area (Å²) in [6.07, 6.45) is 8.16. The Morgan fingerprint density at radius 2 is 2.07 bits per heavy atom. The highest BCUT2D eigenvalue weighted by atomic mass is 16.2. The van der Waals surface area contributed by atoms with Gasteiger partial charge in [-0.15, -0.1) is 0 Å². The fourth-order valence-corrected chi connectivity index (χ4v) is 1.24. The Labute approximate surface area is 86.3 Å². The van der Waals surface area contributed by atoms with Crippen LogP contribution < -0.4 is 5.69 Å². The second-order valence-electron chi connectivity index (χ2n) is 2.92. The molecule has 15 heavy (non-hydrogen) atoms. The van der Waals surface area contributed by atoms with Crippen molar-refractivity contribution in [2.75, 3.05) is 0 Å². The maximum absolute atomic E-state index is 11.8. The summed E-state index contributed by atoms with van der Waals surface area (Å²) in [6, 6.07) is 3.46. The Bertz CT molecular complexity index is 524. The molecule has 0 atom stereocenters.